The number of aromatic nitrogens is 2. The number of rotatable bonds is 5. The van der Waals surface area contributed by atoms with Crippen LogP contribution < -0.4 is 11.2 Å². The summed E-state index contributed by atoms with van der Waals surface area (Å²) in [5.74, 6) is -0.0219. The molecule has 0 saturated carbocycles. The van der Waals surface area contributed by atoms with E-state index in [1.807, 2.05) is 34.6 Å². The maximum Gasteiger partial charge on any atom is 0.330 e. The third-order valence-electron chi connectivity index (χ3n) is 4.12. The lowest BCUT2D eigenvalue weighted by Crippen LogP contribution is -2.50. The smallest absolute Gasteiger partial charge is 0.297 e. The Balaban J connectivity index is 3.75. The standard InChI is InChI=1S/C14H23ClN2O2/c1-6-14(7-2,8-3)17-12(18)10(9(4)5)11(15)16-13(17)19/h9H,6-8H2,1-5H3,(H,16,19). The molecular weight excluding hydrogens is 264 g/mol. The fourth-order valence-corrected chi connectivity index (χ4v) is 3.06. The van der Waals surface area contributed by atoms with Crippen LogP contribution in [0.5, 0.6) is 0 Å². The molecule has 0 aliphatic carbocycles. The molecule has 0 amide bonds. The lowest BCUT2D eigenvalue weighted by atomic mass is 9.89. The summed E-state index contributed by atoms with van der Waals surface area (Å²) in [6.45, 7) is 9.81. The number of nitrogens with one attached hydrogen (secondary N) is 1. The van der Waals surface area contributed by atoms with Crippen LogP contribution in [0, 0.1) is 0 Å². The average molecular weight is 287 g/mol. The Hall–Kier alpha value is -1.03. The summed E-state index contributed by atoms with van der Waals surface area (Å²) in [7, 11) is 0. The highest BCUT2D eigenvalue weighted by molar-refractivity contribution is 6.30. The molecule has 0 spiro atoms. The van der Waals surface area contributed by atoms with Crippen molar-refractivity contribution in [1.29, 1.82) is 0 Å². The van der Waals surface area contributed by atoms with Gasteiger partial charge in [0.1, 0.15) is 5.15 Å². The fraction of sp³-hybridized carbons (Fsp3) is 0.714. The van der Waals surface area contributed by atoms with Gasteiger partial charge >= 0.3 is 5.69 Å². The zero-order valence-corrected chi connectivity index (χ0v) is 13.1. The van der Waals surface area contributed by atoms with Gasteiger partial charge in [-0.3, -0.25) is 14.3 Å². The first-order valence-corrected chi connectivity index (χ1v) is 7.27. The van der Waals surface area contributed by atoms with E-state index in [1.54, 1.807) is 0 Å². The van der Waals surface area contributed by atoms with E-state index in [9.17, 15) is 9.59 Å². The van der Waals surface area contributed by atoms with E-state index in [4.69, 9.17) is 11.6 Å². The quantitative estimate of drug-likeness (QED) is 0.845. The minimum atomic E-state index is -0.432. The maximum absolute atomic E-state index is 12.6. The summed E-state index contributed by atoms with van der Waals surface area (Å²) in [4.78, 5) is 27.4. The van der Waals surface area contributed by atoms with Gasteiger partial charge < -0.3 is 0 Å². The molecule has 1 N–H and O–H groups in total. The van der Waals surface area contributed by atoms with E-state index in [0.29, 0.717) is 5.56 Å². The number of H-pyrrole nitrogens is 1. The Kier molecular flexibility index (Phi) is 5.02. The van der Waals surface area contributed by atoms with Gasteiger partial charge in [0.2, 0.25) is 0 Å². The Morgan fingerprint density at radius 1 is 1.16 bits per heavy atom. The largest absolute Gasteiger partial charge is 0.330 e. The predicted molar refractivity (Wildman–Crippen MR) is 79.3 cm³/mol. The van der Waals surface area contributed by atoms with Gasteiger partial charge in [0.15, 0.2) is 0 Å². The third-order valence-corrected chi connectivity index (χ3v) is 4.41. The van der Waals surface area contributed by atoms with Gasteiger partial charge in [-0.05, 0) is 25.2 Å². The summed E-state index contributed by atoms with van der Waals surface area (Å²) in [6, 6.07) is 0. The molecule has 0 radical (unpaired) electrons. The van der Waals surface area contributed by atoms with Crippen LogP contribution in [-0.4, -0.2) is 9.55 Å². The van der Waals surface area contributed by atoms with Crippen molar-refractivity contribution in [2.24, 2.45) is 0 Å². The summed E-state index contributed by atoms with van der Waals surface area (Å²) in [5, 5.41) is 0.165. The van der Waals surface area contributed by atoms with Gasteiger partial charge in [0, 0.05) is 0 Å². The van der Waals surface area contributed by atoms with Crippen molar-refractivity contribution >= 4 is 11.6 Å². The van der Waals surface area contributed by atoms with Gasteiger partial charge in [-0.2, -0.15) is 0 Å². The Morgan fingerprint density at radius 2 is 1.63 bits per heavy atom. The summed E-state index contributed by atoms with van der Waals surface area (Å²) in [5.41, 5.74) is -0.612. The first-order chi connectivity index (χ1) is 8.84. The molecule has 0 bridgehead atoms. The van der Waals surface area contributed by atoms with Crippen molar-refractivity contribution in [3.63, 3.8) is 0 Å². The summed E-state index contributed by atoms with van der Waals surface area (Å²) in [6.07, 6.45) is 2.21. The molecule has 5 heteroatoms. The highest BCUT2D eigenvalue weighted by Gasteiger charge is 2.31. The molecule has 0 atom stereocenters. The van der Waals surface area contributed by atoms with Crippen molar-refractivity contribution in [3.05, 3.63) is 31.6 Å². The van der Waals surface area contributed by atoms with E-state index in [1.165, 1.54) is 4.57 Å². The topological polar surface area (TPSA) is 54.9 Å². The Labute approximate surface area is 118 Å². The van der Waals surface area contributed by atoms with Crippen LogP contribution in [0.3, 0.4) is 0 Å². The Bertz CT molecular complexity index is 545. The molecule has 108 valence electrons. The summed E-state index contributed by atoms with van der Waals surface area (Å²) < 4.78 is 1.37. The molecular formula is C14H23ClN2O2. The molecule has 1 aromatic heterocycles. The molecule has 1 heterocycles. The van der Waals surface area contributed by atoms with Crippen LogP contribution in [-0.2, 0) is 5.54 Å². The molecule has 4 nitrogen and oxygen atoms in total. The zero-order valence-electron chi connectivity index (χ0n) is 12.3. The van der Waals surface area contributed by atoms with Crippen LogP contribution in [0.25, 0.3) is 0 Å². The molecule has 0 aliphatic heterocycles. The van der Waals surface area contributed by atoms with Crippen molar-refractivity contribution in [3.8, 4) is 0 Å². The van der Waals surface area contributed by atoms with Crippen LogP contribution in [0.4, 0.5) is 0 Å². The van der Waals surface area contributed by atoms with Crippen LogP contribution in [0.1, 0.15) is 65.4 Å². The minimum absolute atomic E-state index is 0.0219. The van der Waals surface area contributed by atoms with Crippen LogP contribution in [0.15, 0.2) is 9.59 Å². The van der Waals surface area contributed by atoms with Gasteiger partial charge in [-0.25, -0.2) is 4.79 Å². The number of nitrogens with zero attached hydrogens (tertiary/aromatic N) is 1. The summed E-state index contributed by atoms with van der Waals surface area (Å²) >= 11 is 6.01. The molecule has 19 heavy (non-hydrogen) atoms. The third kappa shape index (κ3) is 2.64. The number of hydrogen-bond donors (Lipinski definition) is 1. The second kappa shape index (κ2) is 5.95. The van der Waals surface area contributed by atoms with E-state index in [0.717, 1.165) is 19.3 Å². The first-order valence-electron chi connectivity index (χ1n) is 6.89. The van der Waals surface area contributed by atoms with Crippen LogP contribution in [0.2, 0.25) is 5.15 Å². The molecule has 0 saturated heterocycles. The van der Waals surface area contributed by atoms with Crippen molar-refractivity contribution in [1.82, 2.24) is 9.55 Å². The predicted octanol–water partition coefficient (Wildman–Crippen LogP) is 3.24. The van der Waals surface area contributed by atoms with Gasteiger partial charge in [0.25, 0.3) is 5.56 Å². The highest BCUT2D eigenvalue weighted by Crippen LogP contribution is 2.27. The van der Waals surface area contributed by atoms with E-state index < -0.39 is 11.2 Å². The minimum Gasteiger partial charge on any atom is -0.297 e. The van der Waals surface area contributed by atoms with E-state index in [-0.39, 0.29) is 16.6 Å². The maximum atomic E-state index is 12.6. The van der Waals surface area contributed by atoms with Crippen molar-refractivity contribution in [2.75, 3.05) is 0 Å². The van der Waals surface area contributed by atoms with Gasteiger partial charge in [-0.1, -0.05) is 46.2 Å². The SMILES string of the molecule is CCC(CC)(CC)n1c(=O)[nH]c(Cl)c(C(C)C)c1=O. The molecule has 1 aromatic rings. The highest BCUT2D eigenvalue weighted by atomic mass is 35.5. The van der Waals surface area contributed by atoms with Gasteiger partial charge in [0.05, 0.1) is 11.1 Å². The molecule has 1 rings (SSSR count). The Morgan fingerprint density at radius 3 is 2.00 bits per heavy atom. The average Bonchev–Trinajstić information content (AvgIpc) is 2.33. The lowest BCUT2D eigenvalue weighted by Gasteiger charge is -2.32. The zero-order chi connectivity index (χ0) is 14.8. The fourth-order valence-electron chi connectivity index (χ4n) is 2.68. The second-order valence-corrected chi connectivity index (χ2v) is 5.62. The normalized spacial score (nSPS) is 12.2. The molecule has 0 unspecified atom stereocenters. The van der Waals surface area contributed by atoms with E-state index in [2.05, 4.69) is 4.98 Å². The van der Waals surface area contributed by atoms with E-state index >= 15 is 0 Å². The van der Waals surface area contributed by atoms with Gasteiger partial charge in [-0.15, -0.1) is 0 Å². The number of halogens is 1. The van der Waals surface area contributed by atoms with Crippen LogP contribution >= 0.6 is 11.6 Å². The van der Waals surface area contributed by atoms with Crippen molar-refractivity contribution < 1.29 is 0 Å². The monoisotopic (exact) mass is 286 g/mol. The lowest BCUT2D eigenvalue weighted by molar-refractivity contribution is 0.231. The number of hydrogen-bond acceptors (Lipinski definition) is 2. The number of aromatic amines is 1. The van der Waals surface area contributed by atoms with Crippen molar-refractivity contribution in [2.45, 2.75) is 65.3 Å². The second-order valence-electron chi connectivity index (χ2n) is 5.24. The first kappa shape index (κ1) is 16.0. The molecule has 0 fully saturated rings. The molecule has 0 aromatic carbocycles. The molecule has 0 aliphatic rings.